The van der Waals surface area contributed by atoms with Crippen LogP contribution in [-0.2, 0) is 0 Å². The van der Waals surface area contributed by atoms with Crippen LogP contribution in [0.1, 0.15) is 0 Å². The average molecular weight is 235 g/mol. The molecule has 1 aromatic carbocycles. The molecular weight excluding hydrogens is 228 g/mol. The van der Waals surface area contributed by atoms with E-state index in [0.29, 0.717) is 5.75 Å². The number of benzene rings is 1. The molecule has 6 heteroatoms. The molecule has 0 fully saturated rings. The van der Waals surface area contributed by atoms with Gasteiger partial charge in [0.1, 0.15) is 5.75 Å². The topological polar surface area (TPSA) is 76.2 Å². The molecule has 0 unspecified atom stereocenters. The Bertz CT molecular complexity index is 439. The van der Waals surface area contributed by atoms with Crippen LogP contribution in [0.5, 0.6) is 5.75 Å². The van der Waals surface area contributed by atoms with Crippen molar-refractivity contribution in [2.45, 2.75) is 0 Å². The van der Waals surface area contributed by atoms with Gasteiger partial charge in [0.25, 0.3) is 0 Å². The third kappa shape index (κ3) is 3.29. The van der Waals surface area contributed by atoms with Gasteiger partial charge in [0.15, 0.2) is 0 Å². The number of hydrogen-bond acceptors (Lipinski definition) is 5. The molecule has 1 aromatic rings. The smallest absolute Gasteiger partial charge is 0.316 e. The Labute approximate surface area is 97.5 Å². The van der Waals surface area contributed by atoms with Crippen molar-refractivity contribution in [1.29, 1.82) is 5.26 Å². The highest BCUT2D eigenvalue weighted by molar-refractivity contribution is 7.83. The second kappa shape index (κ2) is 5.78. The van der Waals surface area contributed by atoms with E-state index in [1.807, 2.05) is 0 Å². The van der Waals surface area contributed by atoms with Gasteiger partial charge in [0.2, 0.25) is 0 Å². The van der Waals surface area contributed by atoms with Crippen molar-refractivity contribution in [3.05, 3.63) is 57.7 Å². The zero-order valence-corrected chi connectivity index (χ0v) is 8.92. The van der Waals surface area contributed by atoms with Crippen LogP contribution in [0.3, 0.4) is 0 Å². The summed E-state index contributed by atoms with van der Waals surface area (Å²) in [6.07, 6.45) is 0.769. The molecule has 0 amide bonds. The van der Waals surface area contributed by atoms with Gasteiger partial charge in [0, 0.05) is 0 Å². The summed E-state index contributed by atoms with van der Waals surface area (Å²) >= 11 is 3.84. The molecule has 0 N–H and O–H groups in total. The van der Waals surface area contributed by atoms with Crippen LogP contribution in [0.2, 0.25) is 0 Å². The summed E-state index contributed by atoms with van der Waals surface area (Å²) in [5.41, 5.74) is -0.701. The molecule has 0 spiro atoms. The van der Waals surface area contributed by atoms with Crippen LogP contribution >= 0.6 is 12.6 Å². The molecule has 0 aliphatic rings. The average Bonchev–Trinajstić information content (AvgIpc) is 2.26. The summed E-state index contributed by atoms with van der Waals surface area (Å²) in [4.78, 5) is 9.83. The SMILES string of the molecule is N#CC=C([C](S)Oc1ccccc1)[N+](=O)[O-]. The van der Waals surface area contributed by atoms with Crippen molar-refractivity contribution in [1.82, 2.24) is 0 Å². The van der Waals surface area contributed by atoms with Crippen molar-refractivity contribution < 1.29 is 9.66 Å². The van der Waals surface area contributed by atoms with Crippen LogP contribution < -0.4 is 4.74 Å². The summed E-state index contributed by atoms with van der Waals surface area (Å²) in [6, 6.07) is 10.0. The van der Waals surface area contributed by atoms with Gasteiger partial charge in [0.05, 0.1) is 17.1 Å². The quantitative estimate of drug-likeness (QED) is 0.375. The van der Waals surface area contributed by atoms with Crippen LogP contribution in [0.4, 0.5) is 0 Å². The summed E-state index contributed by atoms with van der Waals surface area (Å²) < 4.78 is 5.11. The van der Waals surface area contributed by atoms with Crippen LogP contribution in [0.25, 0.3) is 0 Å². The number of nitro groups is 1. The molecule has 5 nitrogen and oxygen atoms in total. The molecule has 1 rings (SSSR count). The summed E-state index contributed by atoms with van der Waals surface area (Å²) in [5, 5.41) is 18.9. The zero-order valence-electron chi connectivity index (χ0n) is 8.03. The van der Waals surface area contributed by atoms with Crippen molar-refractivity contribution in [2.24, 2.45) is 0 Å². The molecule has 16 heavy (non-hydrogen) atoms. The van der Waals surface area contributed by atoms with E-state index in [-0.39, 0.29) is 5.44 Å². The van der Waals surface area contributed by atoms with Crippen LogP contribution in [0, 0.1) is 26.9 Å². The third-order valence-electron chi connectivity index (χ3n) is 1.57. The number of thiol groups is 1. The Morgan fingerprint density at radius 1 is 1.50 bits per heavy atom. The van der Waals surface area contributed by atoms with E-state index >= 15 is 0 Å². The van der Waals surface area contributed by atoms with Crippen molar-refractivity contribution in [2.75, 3.05) is 0 Å². The fraction of sp³-hybridized carbons (Fsp3) is 0. The molecule has 0 aliphatic heterocycles. The van der Waals surface area contributed by atoms with Gasteiger partial charge < -0.3 is 4.74 Å². The molecule has 0 saturated carbocycles. The number of ether oxygens (including phenoxy) is 1. The van der Waals surface area contributed by atoms with Gasteiger partial charge in [-0.2, -0.15) is 5.26 Å². The van der Waals surface area contributed by atoms with Crippen molar-refractivity contribution in [3.63, 3.8) is 0 Å². The van der Waals surface area contributed by atoms with E-state index in [1.165, 1.54) is 0 Å². The number of nitrogens with zero attached hydrogens (tertiary/aromatic N) is 2. The number of rotatable bonds is 4. The van der Waals surface area contributed by atoms with Crippen LogP contribution in [0.15, 0.2) is 42.1 Å². The minimum Gasteiger partial charge on any atom is -0.460 e. The molecular formula is C10H7N2O3S. The van der Waals surface area contributed by atoms with E-state index < -0.39 is 10.6 Å². The van der Waals surface area contributed by atoms with Gasteiger partial charge in [-0.1, -0.05) is 18.2 Å². The zero-order chi connectivity index (χ0) is 12.0. The highest BCUT2D eigenvalue weighted by Gasteiger charge is 2.25. The van der Waals surface area contributed by atoms with Gasteiger partial charge in [-0.15, -0.1) is 12.6 Å². The fourth-order valence-corrected chi connectivity index (χ4v) is 1.16. The summed E-state index contributed by atoms with van der Waals surface area (Å²) in [7, 11) is 0. The second-order valence-corrected chi connectivity index (χ2v) is 3.04. The van der Waals surface area contributed by atoms with Crippen molar-refractivity contribution in [3.8, 4) is 11.8 Å². The van der Waals surface area contributed by atoms with E-state index in [9.17, 15) is 10.1 Å². The molecule has 0 saturated heterocycles. The predicted octanol–water partition coefficient (Wildman–Crippen LogP) is 2.17. The number of hydrogen-bond donors (Lipinski definition) is 1. The van der Waals surface area contributed by atoms with E-state index in [4.69, 9.17) is 10.00 Å². The van der Waals surface area contributed by atoms with Gasteiger partial charge in [-0.25, -0.2) is 0 Å². The first-order valence-corrected chi connectivity index (χ1v) is 4.63. The molecule has 0 bridgehead atoms. The minimum atomic E-state index is -0.728. The lowest BCUT2D eigenvalue weighted by Gasteiger charge is -2.08. The first kappa shape index (κ1) is 12.1. The third-order valence-corrected chi connectivity index (χ3v) is 1.90. The monoisotopic (exact) mass is 235 g/mol. The molecule has 81 valence electrons. The predicted molar refractivity (Wildman–Crippen MR) is 60.0 cm³/mol. The van der Waals surface area contributed by atoms with Crippen molar-refractivity contribution >= 4 is 12.6 Å². The summed E-state index contributed by atoms with van der Waals surface area (Å²) in [5.74, 6) is 0.415. The Hall–Kier alpha value is -2.00. The molecule has 1 radical (unpaired) electrons. The lowest BCUT2D eigenvalue weighted by atomic mass is 10.3. The highest BCUT2D eigenvalue weighted by atomic mass is 32.1. The van der Waals surface area contributed by atoms with E-state index in [1.54, 1.807) is 36.4 Å². The van der Waals surface area contributed by atoms with E-state index in [2.05, 4.69) is 12.6 Å². The lowest BCUT2D eigenvalue weighted by molar-refractivity contribution is -0.425. The van der Waals surface area contributed by atoms with Crippen LogP contribution in [-0.4, -0.2) is 4.92 Å². The first-order chi connectivity index (χ1) is 7.65. The molecule has 0 heterocycles. The highest BCUT2D eigenvalue weighted by Crippen LogP contribution is 2.23. The maximum Gasteiger partial charge on any atom is 0.316 e. The number of allylic oxidation sites excluding steroid dienone is 1. The number of para-hydroxylation sites is 1. The summed E-state index contributed by atoms with van der Waals surface area (Å²) in [6.45, 7) is 0. The second-order valence-electron chi connectivity index (χ2n) is 2.64. The fourth-order valence-electron chi connectivity index (χ4n) is 0.906. The maximum atomic E-state index is 10.6. The Morgan fingerprint density at radius 2 is 2.12 bits per heavy atom. The van der Waals surface area contributed by atoms with E-state index in [0.717, 1.165) is 6.08 Å². The lowest BCUT2D eigenvalue weighted by Crippen LogP contribution is -2.10. The first-order valence-electron chi connectivity index (χ1n) is 4.18. The minimum absolute atomic E-state index is 0.224. The largest absolute Gasteiger partial charge is 0.460 e. The Morgan fingerprint density at radius 3 is 2.62 bits per heavy atom. The molecule has 0 aliphatic carbocycles. The van der Waals surface area contributed by atoms with Gasteiger partial charge in [-0.3, -0.25) is 10.1 Å². The van der Waals surface area contributed by atoms with Gasteiger partial charge >= 0.3 is 11.1 Å². The number of nitriles is 1. The molecule has 0 atom stereocenters. The maximum absolute atomic E-state index is 10.6. The normalized spacial score (nSPS) is 10.9. The Balaban J connectivity index is 2.79. The standard InChI is InChI=1S/C10H7N2O3S/c11-7-6-9(12(13)14)10(16)15-8-4-2-1-3-5-8/h1-6,16H. The van der Waals surface area contributed by atoms with Gasteiger partial charge in [-0.05, 0) is 12.1 Å². The Kier molecular flexibility index (Phi) is 4.36. The molecule has 0 aromatic heterocycles.